The Morgan fingerprint density at radius 2 is 2.00 bits per heavy atom. The molecule has 0 fully saturated rings. The van der Waals surface area contributed by atoms with E-state index in [1.165, 1.54) is 17.7 Å². The maximum atomic E-state index is 4.26. The summed E-state index contributed by atoms with van der Waals surface area (Å²) in [7, 11) is 0. The van der Waals surface area contributed by atoms with Gasteiger partial charge in [-0.3, -0.25) is 5.10 Å². The van der Waals surface area contributed by atoms with Gasteiger partial charge in [0.1, 0.15) is 5.69 Å². The number of aryl methyl sites for hydroxylation is 1. The monoisotopic (exact) mass is 186 g/mol. The Labute approximate surface area is 81.4 Å². The van der Waals surface area contributed by atoms with Gasteiger partial charge in [-0.1, -0.05) is 0 Å². The fourth-order valence-electron chi connectivity index (χ4n) is 1.93. The van der Waals surface area contributed by atoms with Crippen molar-refractivity contribution in [2.24, 2.45) is 0 Å². The Kier molecular flexibility index (Phi) is 1.59. The summed E-state index contributed by atoms with van der Waals surface area (Å²) >= 11 is 0. The van der Waals surface area contributed by atoms with Crippen molar-refractivity contribution in [2.75, 3.05) is 0 Å². The Bertz CT molecular complexity index is 446. The lowest BCUT2D eigenvalue weighted by Crippen LogP contribution is -1.90. The van der Waals surface area contributed by atoms with Crippen LogP contribution in [0.2, 0.25) is 0 Å². The summed E-state index contributed by atoms with van der Waals surface area (Å²) in [6.07, 6.45) is 6.91. The molecule has 2 aromatic heterocycles. The van der Waals surface area contributed by atoms with Gasteiger partial charge in [-0.15, -0.1) is 0 Å². The molecule has 0 saturated carbocycles. The van der Waals surface area contributed by atoms with Gasteiger partial charge >= 0.3 is 0 Å². The zero-order valence-corrected chi connectivity index (χ0v) is 7.70. The van der Waals surface area contributed by atoms with E-state index < -0.39 is 0 Å². The first kappa shape index (κ1) is 7.67. The zero-order chi connectivity index (χ0) is 9.38. The molecule has 0 saturated heterocycles. The minimum Gasteiger partial charge on any atom is -0.282 e. The van der Waals surface area contributed by atoms with Crippen LogP contribution in [-0.4, -0.2) is 20.2 Å². The summed E-state index contributed by atoms with van der Waals surface area (Å²) in [5, 5.41) is 7.31. The van der Waals surface area contributed by atoms with Gasteiger partial charge in [0.15, 0.2) is 5.82 Å². The zero-order valence-electron chi connectivity index (χ0n) is 7.70. The standard InChI is InChI=1S/C10H10N4/c1-3-7-8(4-1)13-14-9(7)10-11-5-2-6-12-10/h2,5-6H,1,3-4H2,(H,13,14). The fourth-order valence-corrected chi connectivity index (χ4v) is 1.93. The van der Waals surface area contributed by atoms with Crippen LogP contribution in [0.25, 0.3) is 11.5 Å². The summed E-state index contributed by atoms with van der Waals surface area (Å²) in [4.78, 5) is 8.41. The van der Waals surface area contributed by atoms with Crippen molar-refractivity contribution >= 4 is 0 Å². The van der Waals surface area contributed by atoms with E-state index in [4.69, 9.17) is 0 Å². The Morgan fingerprint density at radius 3 is 2.86 bits per heavy atom. The third-order valence-corrected chi connectivity index (χ3v) is 2.58. The molecule has 2 aromatic rings. The molecule has 0 amide bonds. The van der Waals surface area contributed by atoms with Crippen LogP contribution in [-0.2, 0) is 12.8 Å². The van der Waals surface area contributed by atoms with Crippen LogP contribution in [0.1, 0.15) is 17.7 Å². The van der Waals surface area contributed by atoms with Crippen molar-refractivity contribution in [1.29, 1.82) is 0 Å². The van der Waals surface area contributed by atoms with E-state index in [-0.39, 0.29) is 0 Å². The van der Waals surface area contributed by atoms with Gasteiger partial charge in [-0.25, -0.2) is 9.97 Å². The average Bonchev–Trinajstić information content (AvgIpc) is 2.79. The van der Waals surface area contributed by atoms with E-state index in [9.17, 15) is 0 Å². The minimum atomic E-state index is 0.729. The lowest BCUT2D eigenvalue weighted by Gasteiger charge is -1.95. The summed E-state index contributed by atoms with van der Waals surface area (Å²) < 4.78 is 0. The van der Waals surface area contributed by atoms with Crippen molar-refractivity contribution in [3.05, 3.63) is 29.7 Å². The molecular weight excluding hydrogens is 176 g/mol. The molecule has 1 N–H and O–H groups in total. The van der Waals surface area contributed by atoms with Gasteiger partial charge in [0.2, 0.25) is 0 Å². The number of H-pyrrole nitrogens is 1. The Hall–Kier alpha value is -1.71. The average molecular weight is 186 g/mol. The molecule has 0 spiro atoms. The first-order valence-corrected chi connectivity index (χ1v) is 4.78. The van der Waals surface area contributed by atoms with E-state index in [1.807, 2.05) is 6.07 Å². The summed E-state index contributed by atoms with van der Waals surface area (Å²) in [6.45, 7) is 0. The van der Waals surface area contributed by atoms with Crippen LogP contribution in [0.15, 0.2) is 18.5 Å². The van der Waals surface area contributed by atoms with Crippen LogP contribution in [0.3, 0.4) is 0 Å². The summed E-state index contributed by atoms with van der Waals surface area (Å²) in [5.41, 5.74) is 3.49. The molecule has 2 heterocycles. The third kappa shape index (κ3) is 1.04. The number of aromatic nitrogens is 4. The smallest absolute Gasteiger partial charge is 0.180 e. The molecule has 1 aliphatic carbocycles. The number of fused-ring (bicyclic) bond motifs is 1. The molecular formula is C10H10N4. The first-order valence-electron chi connectivity index (χ1n) is 4.78. The largest absolute Gasteiger partial charge is 0.282 e. The highest BCUT2D eigenvalue weighted by atomic mass is 15.1. The molecule has 1 aliphatic rings. The molecule has 3 rings (SSSR count). The highest BCUT2D eigenvalue weighted by molar-refractivity contribution is 5.56. The van der Waals surface area contributed by atoms with Crippen molar-refractivity contribution in [3.63, 3.8) is 0 Å². The first-order chi connectivity index (χ1) is 6.95. The lowest BCUT2D eigenvalue weighted by atomic mass is 10.2. The van der Waals surface area contributed by atoms with E-state index in [0.717, 1.165) is 24.4 Å². The van der Waals surface area contributed by atoms with Gasteiger partial charge < -0.3 is 0 Å². The van der Waals surface area contributed by atoms with Crippen LogP contribution in [0.5, 0.6) is 0 Å². The number of hydrogen-bond donors (Lipinski definition) is 1. The van der Waals surface area contributed by atoms with Gasteiger partial charge in [0, 0.05) is 23.7 Å². The predicted molar refractivity (Wildman–Crippen MR) is 51.6 cm³/mol. The molecule has 0 aromatic carbocycles. The number of hydrogen-bond acceptors (Lipinski definition) is 3. The summed E-state index contributed by atoms with van der Waals surface area (Å²) in [6, 6.07) is 1.82. The minimum absolute atomic E-state index is 0.729. The quantitative estimate of drug-likeness (QED) is 0.731. The van der Waals surface area contributed by atoms with Crippen molar-refractivity contribution < 1.29 is 0 Å². The normalized spacial score (nSPS) is 14.3. The Balaban J connectivity index is 2.13. The third-order valence-electron chi connectivity index (χ3n) is 2.58. The van der Waals surface area contributed by atoms with Gasteiger partial charge in [-0.2, -0.15) is 5.10 Å². The number of rotatable bonds is 1. The fraction of sp³-hybridized carbons (Fsp3) is 0.300. The topological polar surface area (TPSA) is 54.5 Å². The molecule has 14 heavy (non-hydrogen) atoms. The molecule has 0 bridgehead atoms. The second kappa shape index (κ2) is 2.90. The van der Waals surface area contributed by atoms with Crippen LogP contribution in [0.4, 0.5) is 0 Å². The molecule has 0 atom stereocenters. The van der Waals surface area contributed by atoms with Crippen molar-refractivity contribution in [2.45, 2.75) is 19.3 Å². The van der Waals surface area contributed by atoms with Crippen molar-refractivity contribution in [1.82, 2.24) is 20.2 Å². The van der Waals surface area contributed by atoms with E-state index in [0.29, 0.717) is 0 Å². The maximum absolute atomic E-state index is 4.26. The van der Waals surface area contributed by atoms with Gasteiger partial charge in [0.25, 0.3) is 0 Å². The van der Waals surface area contributed by atoms with Crippen LogP contribution in [0, 0.1) is 0 Å². The summed E-state index contributed by atoms with van der Waals surface area (Å²) in [5.74, 6) is 0.729. The number of aromatic amines is 1. The SMILES string of the molecule is c1cnc(-c2n[nH]c3c2CCC3)nc1. The maximum Gasteiger partial charge on any atom is 0.180 e. The highest BCUT2D eigenvalue weighted by Gasteiger charge is 2.20. The Morgan fingerprint density at radius 1 is 1.14 bits per heavy atom. The second-order valence-corrected chi connectivity index (χ2v) is 3.46. The molecule has 4 heteroatoms. The molecule has 0 aliphatic heterocycles. The van der Waals surface area contributed by atoms with Crippen LogP contribution >= 0.6 is 0 Å². The molecule has 0 radical (unpaired) electrons. The molecule has 70 valence electrons. The van der Waals surface area contributed by atoms with E-state index >= 15 is 0 Å². The lowest BCUT2D eigenvalue weighted by molar-refractivity contribution is 0.864. The number of nitrogens with one attached hydrogen (secondary N) is 1. The highest BCUT2D eigenvalue weighted by Crippen LogP contribution is 2.27. The van der Waals surface area contributed by atoms with Gasteiger partial charge in [-0.05, 0) is 25.3 Å². The van der Waals surface area contributed by atoms with E-state index in [1.54, 1.807) is 12.4 Å². The molecule has 0 unspecified atom stereocenters. The molecule has 4 nitrogen and oxygen atoms in total. The van der Waals surface area contributed by atoms with Gasteiger partial charge in [0.05, 0.1) is 0 Å². The van der Waals surface area contributed by atoms with Crippen LogP contribution < -0.4 is 0 Å². The van der Waals surface area contributed by atoms with Crippen molar-refractivity contribution in [3.8, 4) is 11.5 Å². The number of nitrogens with zero attached hydrogens (tertiary/aromatic N) is 3. The second-order valence-electron chi connectivity index (χ2n) is 3.46. The van der Waals surface area contributed by atoms with E-state index in [2.05, 4.69) is 20.2 Å². The predicted octanol–water partition coefficient (Wildman–Crippen LogP) is 1.36.